The molecule has 1 saturated heterocycles. The zero-order valence-electron chi connectivity index (χ0n) is 12.1. The molecule has 1 aromatic rings. The Morgan fingerprint density at radius 1 is 1.33 bits per heavy atom. The second kappa shape index (κ2) is 6.85. The van der Waals surface area contributed by atoms with E-state index in [1.165, 1.54) is 11.3 Å². The first-order valence-electron chi connectivity index (χ1n) is 7.14. The van der Waals surface area contributed by atoms with Crippen molar-refractivity contribution in [3.05, 3.63) is 21.9 Å². The fourth-order valence-electron chi connectivity index (χ4n) is 2.52. The SMILES string of the molecule is Cc1ccc(C(=O)CCC(=O)N2CCC[C@@H](C(N)=O)C2)s1. The van der Waals surface area contributed by atoms with E-state index in [1.54, 1.807) is 11.0 Å². The lowest BCUT2D eigenvalue weighted by molar-refractivity contribution is -0.134. The van der Waals surface area contributed by atoms with Gasteiger partial charge in [-0.25, -0.2) is 0 Å². The van der Waals surface area contributed by atoms with Crippen molar-refractivity contribution in [3.8, 4) is 0 Å². The van der Waals surface area contributed by atoms with Crippen molar-refractivity contribution in [2.75, 3.05) is 13.1 Å². The van der Waals surface area contributed by atoms with Gasteiger partial charge >= 0.3 is 0 Å². The molecule has 1 atom stereocenters. The molecule has 5 nitrogen and oxygen atoms in total. The van der Waals surface area contributed by atoms with E-state index in [9.17, 15) is 14.4 Å². The minimum absolute atomic E-state index is 0.00455. The van der Waals surface area contributed by atoms with Crippen LogP contribution in [-0.4, -0.2) is 35.6 Å². The summed E-state index contributed by atoms with van der Waals surface area (Å²) in [6.45, 7) is 2.99. The summed E-state index contributed by atoms with van der Waals surface area (Å²) in [5.74, 6) is -0.663. The van der Waals surface area contributed by atoms with E-state index in [2.05, 4.69) is 0 Å². The van der Waals surface area contributed by atoms with Crippen LogP contribution in [0.1, 0.15) is 40.2 Å². The number of rotatable bonds is 5. The Hall–Kier alpha value is -1.69. The zero-order valence-corrected chi connectivity index (χ0v) is 12.9. The molecule has 0 saturated carbocycles. The van der Waals surface area contributed by atoms with E-state index < -0.39 is 0 Å². The van der Waals surface area contributed by atoms with Gasteiger partial charge in [-0.1, -0.05) is 0 Å². The summed E-state index contributed by atoms with van der Waals surface area (Å²) in [7, 11) is 0. The number of primary amides is 1. The zero-order chi connectivity index (χ0) is 15.4. The van der Waals surface area contributed by atoms with Gasteiger partial charge < -0.3 is 10.6 Å². The molecule has 0 aliphatic carbocycles. The van der Waals surface area contributed by atoms with Crippen LogP contribution >= 0.6 is 11.3 Å². The second-order valence-electron chi connectivity index (χ2n) is 5.41. The molecule has 0 spiro atoms. The van der Waals surface area contributed by atoms with Crippen LogP contribution in [-0.2, 0) is 9.59 Å². The molecular formula is C15H20N2O3S. The van der Waals surface area contributed by atoms with Crippen molar-refractivity contribution in [3.63, 3.8) is 0 Å². The van der Waals surface area contributed by atoms with Crippen LogP contribution < -0.4 is 5.73 Å². The second-order valence-corrected chi connectivity index (χ2v) is 6.70. The summed E-state index contributed by atoms with van der Waals surface area (Å²) in [5.41, 5.74) is 5.30. The fourth-order valence-corrected chi connectivity index (χ4v) is 3.36. The molecule has 21 heavy (non-hydrogen) atoms. The molecule has 6 heteroatoms. The van der Waals surface area contributed by atoms with E-state index >= 15 is 0 Å². The van der Waals surface area contributed by atoms with E-state index in [4.69, 9.17) is 5.73 Å². The lowest BCUT2D eigenvalue weighted by atomic mass is 9.97. The molecule has 1 aliphatic rings. The normalized spacial score (nSPS) is 18.5. The van der Waals surface area contributed by atoms with Gasteiger partial charge in [0.15, 0.2) is 5.78 Å². The molecule has 1 aromatic heterocycles. The lowest BCUT2D eigenvalue weighted by Crippen LogP contribution is -2.44. The first-order valence-corrected chi connectivity index (χ1v) is 7.95. The van der Waals surface area contributed by atoms with E-state index in [0.29, 0.717) is 18.0 Å². The molecule has 2 amide bonds. The van der Waals surface area contributed by atoms with Crippen molar-refractivity contribution in [2.45, 2.75) is 32.6 Å². The quantitative estimate of drug-likeness (QED) is 0.841. The number of carbonyl (C=O) groups excluding carboxylic acids is 3. The molecule has 1 aliphatic heterocycles. The van der Waals surface area contributed by atoms with E-state index in [1.807, 2.05) is 13.0 Å². The highest BCUT2D eigenvalue weighted by Crippen LogP contribution is 2.20. The number of hydrogen-bond acceptors (Lipinski definition) is 4. The maximum absolute atomic E-state index is 12.1. The minimum atomic E-state index is -0.349. The van der Waals surface area contributed by atoms with Gasteiger partial charge in [-0.05, 0) is 31.9 Å². The Morgan fingerprint density at radius 2 is 2.10 bits per heavy atom. The number of thiophene rings is 1. The average molecular weight is 308 g/mol. The van der Waals surface area contributed by atoms with Gasteiger partial charge in [-0.15, -0.1) is 11.3 Å². The van der Waals surface area contributed by atoms with Gasteiger partial charge in [-0.3, -0.25) is 14.4 Å². The number of amides is 2. The average Bonchev–Trinajstić information content (AvgIpc) is 2.91. The molecule has 114 valence electrons. The minimum Gasteiger partial charge on any atom is -0.369 e. The summed E-state index contributed by atoms with van der Waals surface area (Å²) in [6, 6.07) is 3.71. The Bertz CT molecular complexity index is 553. The molecule has 2 heterocycles. The van der Waals surface area contributed by atoms with Gasteiger partial charge in [0.25, 0.3) is 0 Å². The van der Waals surface area contributed by atoms with Crippen LogP contribution in [0, 0.1) is 12.8 Å². The fraction of sp³-hybridized carbons (Fsp3) is 0.533. The van der Waals surface area contributed by atoms with Crippen molar-refractivity contribution >= 4 is 28.9 Å². The molecule has 0 bridgehead atoms. The topological polar surface area (TPSA) is 80.5 Å². The van der Waals surface area contributed by atoms with Crippen LogP contribution in [0.5, 0.6) is 0 Å². The Kier molecular flexibility index (Phi) is 5.12. The third-order valence-electron chi connectivity index (χ3n) is 3.76. The smallest absolute Gasteiger partial charge is 0.223 e. The first kappa shape index (κ1) is 15.7. The number of carbonyl (C=O) groups is 3. The lowest BCUT2D eigenvalue weighted by Gasteiger charge is -2.31. The molecule has 0 radical (unpaired) electrons. The van der Waals surface area contributed by atoms with Crippen molar-refractivity contribution in [1.82, 2.24) is 4.90 Å². The number of Topliss-reactive ketones (excluding diaryl/α,β-unsaturated/α-hetero) is 1. The van der Waals surface area contributed by atoms with Crippen LogP contribution in [0.2, 0.25) is 0 Å². The summed E-state index contributed by atoms with van der Waals surface area (Å²) in [4.78, 5) is 38.8. The van der Waals surface area contributed by atoms with Gasteiger partial charge in [-0.2, -0.15) is 0 Å². The summed E-state index contributed by atoms with van der Waals surface area (Å²) < 4.78 is 0. The van der Waals surface area contributed by atoms with E-state index in [-0.39, 0.29) is 36.4 Å². The maximum atomic E-state index is 12.1. The van der Waals surface area contributed by atoms with Gasteiger partial charge in [0, 0.05) is 30.8 Å². The number of likely N-dealkylation sites (tertiary alicyclic amines) is 1. The third-order valence-corrected chi connectivity index (χ3v) is 4.80. The highest BCUT2D eigenvalue weighted by molar-refractivity contribution is 7.14. The van der Waals surface area contributed by atoms with Gasteiger partial charge in [0.2, 0.25) is 11.8 Å². The van der Waals surface area contributed by atoms with Crippen molar-refractivity contribution < 1.29 is 14.4 Å². The largest absolute Gasteiger partial charge is 0.369 e. The summed E-state index contributed by atoms with van der Waals surface area (Å²) in [6.07, 6.45) is 1.95. The number of ketones is 1. The number of hydrogen-bond donors (Lipinski definition) is 1. The Morgan fingerprint density at radius 3 is 2.71 bits per heavy atom. The van der Waals surface area contributed by atoms with Gasteiger partial charge in [0.1, 0.15) is 0 Å². The number of nitrogens with zero attached hydrogens (tertiary/aromatic N) is 1. The van der Waals surface area contributed by atoms with E-state index in [0.717, 1.165) is 17.7 Å². The Labute approximate surface area is 128 Å². The van der Waals surface area contributed by atoms with Crippen molar-refractivity contribution in [1.29, 1.82) is 0 Å². The monoisotopic (exact) mass is 308 g/mol. The predicted molar refractivity (Wildman–Crippen MR) is 81.1 cm³/mol. The number of piperidine rings is 1. The number of aryl methyl sites for hydroxylation is 1. The van der Waals surface area contributed by atoms with Crippen LogP contribution in [0.15, 0.2) is 12.1 Å². The predicted octanol–water partition coefficient (Wildman–Crippen LogP) is 1.74. The summed E-state index contributed by atoms with van der Waals surface area (Å²) >= 11 is 1.45. The van der Waals surface area contributed by atoms with Crippen LogP contribution in [0.25, 0.3) is 0 Å². The highest BCUT2D eigenvalue weighted by atomic mass is 32.1. The number of nitrogens with two attached hydrogens (primary N) is 1. The van der Waals surface area contributed by atoms with Gasteiger partial charge in [0.05, 0.1) is 10.8 Å². The standard InChI is InChI=1S/C15H20N2O3S/c1-10-4-6-13(21-10)12(18)5-7-14(19)17-8-2-3-11(9-17)15(16)20/h4,6,11H,2-3,5,7-9H2,1H3,(H2,16,20)/t11-/m1/s1. The van der Waals surface area contributed by atoms with Crippen LogP contribution in [0.4, 0.5) is 0 Å². The molecule has 2 N–H and O–H groups in total. The molecule has 2 rings (SSSR count). The molecule has 1 fully saturated rings. The first-order chi connectivity index (χ1) is 9.97. The van der Waals surface area contributed by atoms with Crippen LogP contribution in [0.3, 0.4) is 0 Å². The Balaban J connectivity index is 1.84. The van der Waals surface area contributed by atoms with Crippen molar-refractivity contribution in [2.24, 2.45) is 11.7 Å². The molecule has 0 unspecified atom stereocenters. The third kappa shape index (κ3) is 4.14. The molecular weight excluding hydrogens is 288 g/mol. The highest BCUT2D eigenvalue weighted by Gasteiger charge is 2.27. The summed E-state index contributed by atoms with van der Waals surface area (Å²) in [5, 5.41) is 0. The molecule has 0 aromatic carbocycles. The maximum Gasteiger partial charge on any atom is 0.223 e.